The number of aromatic nitrogens is 3. The van der Waals surface area contributed by atoms with Crippen molar-refractivity contribution >= 4 is 40.0 Å². The van der Waals surface area contributed by atoms with Crippen LogP contribution in [0.5, 0.6) is 0 Å². The van der Waals surface area contributed by atoms with Crippen molar-refractivity contribution in [3.8, 4) is 0 Å². The van der Waals surface area contributed by atoms with Gasteiger partial charge in [0.05, 0.1) is 11.6 Å². The van der Waals surface area contributed by atoms with Crippen LogP contribution < -0.4 is 10.2 Å². The number of hydrogen-bond donors (Lipinski definition) is 1. The van der Waals surface area contributed by atoms with Gasteiger partial charge in [-0.1, -0.05) is 11.6 Å². The fourth-order valence-electron chi connectivity index (χ4n) is 3.99. The molecule has 0 spiro atoms. The van der Waals surface area contributed by atoms with Crippen LogP contribution in [-0.4, -0.2) is 21.5 Å². The van der Waals surface area contributed by atoms with Crippen LogP contribution in [0.1, 0.15) is 24.4 Å². The highest BCUT2D eigenvalue weighted by atomic mass is 35.5. The van der Waals surface area contributed by atoms with E-state index >= 15 is 0 Å². The van der Waals surface area contributed by atoms with Crippen LogP contribution in [0, 0.1) is 11.6 Å². The molecule has 0 unspecified atom stereocenters. The van der Waals surface area contributed by atoms with E-state index in [1.54, 1.807) is 12.1 Å². The molecule has 5 nitrogen and oxygen atoms in total. The maximum Gasteiger partial charge on any atom is 0.160 e. The zero-order chi connectivity index (χ0) is 21.4. The minimum Gasteiger partial charge on any atom is -0.349 e. The fourth-order valence-corrected chi connectivity index (χ4v) is 4.11. The first-order valence-corrected chi connectivity index (χ1v) is 10.3. The second-order valence-electron chi connectivity index (χ2n) is 7.41. The number of anilines is 3. The average molecular weight is 438 g/mol. The first kappa shape index (κ1) is 19.6. The van der Waals surface area contributed by atoms with Gasteiger partial charge in [0.1, 0.15) is 29.3 Å². The molecule has 1 aliphatic rings. The van der Waals surface area contributed by atoms with Gasteiger partial charge in [-0.05, 0) is 67.4 Å². The SMILES string of the molecule is Fc1ccc(F)c([C@H]2CCCN2c2ccc3ncnc(Nc4ccc(Cl)cc4)c3n2)c1. The van der Waals surface area contributed by atoms with E-state index in [0.717, 1.165) is 24.6 Å². The summed E-state index contributed by atoms with van der Waals surface area (Å²) in [5, 5.41) is 3.89. The van der Waals surface area contributed by atoms with Crippen molar-refractivity contribution in [1.82, 2.24) is 15.0 Å². The monoisotopic (exact) mass is 437 g/mol. The summed E-state index contributed by atoms with van der Waals surface area (Å²) in [6, 6.07) is 14.3. The lowest BCUT2D eigenvalue weighted by molar-refractivity contribution is 0.560. The van der Waals surface area contributed by atoms with Crippen LogP contribution in [0.15, 0.2) is 60.9 Å². The summed E-state index contributed by atoms with van der Waals surface area (Å²) >= 11 is 5.97. The van der Waals surface area contributed by atoms with Crippen LogP contribution in [0.4, 0.5) is 26.1 Å². The molecule has 31 heavy (non-hydrogen) atoms. The van der Waals surface area contributed by atoms with E-state index in [1.807, 2.05) is 29.2 Å². The highest BCUT2D eigenvalue weighted by Gasteiger charge is 2.30. The second kappa shape index (κ2) is 8.07. The molecule has 1 aliphatic heterocycles. The molecule has 0 bridgehead atoms. The van der Waals surface area contributed by atoms with Gasteiger partial charge in [-0.3, -0.25) is 0 Å². The molecule has 3 heterocycles. The van der Waals surface area contributed by atoms with Crippen molar-refractivity contribution in [2.45, 2.75) is 18.9 Å². The summed E-state index contributed by atoms with van der Waals surface area (Å²) in [4.78, 5) is 15.5. The number of pyridine rings is 1. The Morgan fingerprint density at radius 2 is 1.84 bits per heavy atom. The Morgan fingerprint density at radius 1 is 1.00 bits per heavy atom. The zero-order valence-corrected chi connectivity index (χ0v) is 17.2. The quantitative estimate of drug-likeness (QED) is 0.421. The van der Waals surface area contributed by atoms with Gasteiger partial charge < -0.3 is 10.2 Å². The predicted molar refractivity (Wildman–Crippen MR) is 118 cm³/mol. The van der Waals surface area contributed by atoms with Gasteiger partial charge in [-0.2, -0.15) is 0 Å². The summed E-state index contributed by atoms with van der Waals surface area (Å²) in [6.07, 6.45) is 3.06. The first-order chi connectivity index (χ1) is 15.1. The molecule has 1 N–H and O–H groups in total. The Hall–Kier alpha value is -3.32. The van der Waals surface area contributed by atoms with E-state index in [9.17, 15) is 8.78 Å². The Morgan fingerprint density at radius 3 is 2.68 bits per heavy atom. The molecule has 2 aromatic heterocycles. The van der Waals surface area contributed by atoms with Gasteiger partial charge >= 0.3 is 0 Å². The zero-order valence-electron chi connectivity index (χ0n) is 16.4. The van der Waals surface area contributed by atoms with Crippen molar-refractivity contribution in [2.24, 2.45) is 0 Å². The lowest BCUT2D eigenvalue weighted by Gasteiger charge is -2.26. The van der Waals surface area contributed by atoms with E-state index in [0.29, 0.717) is 39.8 Å². The molecule has 1 atom stereocenters. The van der Waals surface area contributed by atoms with Gasteiger partial charge in [0.25, 0.3) is 0 Å². The van der Waals surface area contributed by atoms with E-state index in [2.05, 4.69) is 15.3 Å². The number of benzene rings is 2. The largest absolute Gasteiger partial charge is 0.349 e. The standard InChI is InChI=1S/C23H18ClF2N5/c24-14-3-6-16(7-4-14)29-23-22-19(27-13-28-23)9-10-21(30-22)31-11-1-2-20(31)17-12-15(25)5-8-18(17)26/h3-10,12-13,20H,1-2,11H2,(H,27,28,29)/t20-/m1/s1. The minimum atomic E-state index is -0.447. The van der Waals surface area contributed by atoms with E-state index in [4.69, 9.17) is 16.6 Å². The minimum absolute atomic E-state index is 0.280. The molecule has 0 amide bonds. The number of halogens is 3. The third-order valence-corrected chi connectivity index (χ3v) is 5.69. The normalized spacial score (nSPS) is 16.1. The highest BCUT2D eigenvalue weighted by molar-refractivity contribution is 6.30. The molecule has 0 aliphatic carbocycles. The number of nitrogens with one attached hydrogen (secondary N) is 1. The number of rotatable bonds is 4. The second-order valence-corrected chi connectivity index (χ2v) is 7.85. The highest BCUT2D eigenvalue weighted by Crippen LogP contribution is 2.37. The molecular formula is C23H18ClF2N5. The lowest BCUT2D eigenvalue weighted by Crippen LogP contribution is -2.24. The van der Waals surface area contributed by atoms with Crippen molar-refractivity contribution in [3.63, 3.8) is 0 Å². The Bertz CT molecular complexity index is 1250. The van der Waals surface area contributed by atoms with Crippen LogP contribution in [0.2, 0.25) is 5.02 Å². The summed E-state index contributed by atoms with van der Waals surface area (Å²) in [7, 11) is 0. The molecule has 156 valence electrons. The molecule has 8 heteroatoms. The predicted octanol–water partition coefficient (Wildman–Crippen LogP) is 6.04. The lowest BCUT2D eigenvalue weighted by atomic mass is 10.0. The summed E-state index contributed by atoms with van der Waals surface area (Å²) in [5.41, 5.74) is 2.45. The maximum atomic E-state index is 14.4. The number of hydrogen-bond acceptors (Lipinski definition) is 5. The van der Waals surface area contributed by atoms with E-state index in [1.165, 1.54) is 18.5 Å². The number of nitrogens with zero attached hydrogens (tertiary/aromatic N) is 4. The molecule has 4 aromatic rings. The van der Waals surface area contributed by atoms with Gasteiger partial charge in [-0.25, -0.2) is 23.7 Å². The smallest absolute Gasteiger partial charge is 0.160 e. The third kappa shape index (κ3) is 3.88. The van der Waals surface area contributed by atoms with Crippen molar-refractivity contribution in [3.05, 3.63) is 83.1 Å². The van der Waals surface area contributed by atoms with Crippen LogP contribution in [-0.2, 0) is 0 Å². The van der Waals surface area contributed by atoms with E-state index < -0.39 is 11.6 Å². The van der Waals surface area contributed by atoms with Gasteiger partial charge in [0.2, 0.25) is 0 Å². The van der Waals surface area contributed by atoms with Crippen LogP contribution in [0.3, 0.4) is 0 Å². The van der Waals surface area contributed by atoms with Crippen molar-refractivity contribution < 1.29 is 8.78 Å². The summed E-state index contributed by atoms with van der Waals surface area (Å²) in [6.45, 7) is 0.701. The van der Waals surface area contributed by atoms with E-state index in [-0.39, 0.29) is 6.04 Å². The molecule has 5 rings (SSSR count). The Balaban J connectivity index is 1.53. The Kier molecular flexibility index (Phi) is 5.11. The molecular weight excluding hydrogens is 420 g/mol. The van der Waals surface area contributed by atoms with Gasteiger partial charge in [0.15, 0.2) is 5.82 Å². The topological polar surface area (TPSA) is 53.9 Å². The van der Waals surface area contributed by atoms with Crippen LogP contribution >= 0.6 is 11.6 Å². The van der Waals surface area contributed by atoms with Crippen molar-refractivity contribution in [2.75, 3.05) is 16.8 Å². The Labute approximate surface area is 182 Å². The molecule has 2 aromatic carbocycles. The molecule has 0 radical (unpaired) electrons. The summed E-state index contributed by atoms with van der Waals surface area (Å²) in [5.74, 6) is 0.375. The molecule has 1 fully saturated rings. The third-order valence-electron chi connectivity index (χ3n) is 5.44. The fraction of sp³-hybridized carbons (Fsp3) is 0.174. The maximum absolute atomic E-state index is 14.4. The molecule has 0 saturated carbocycles. The van der Waals surface area contributed by atoms with Gasteiger partial charge in [0, 0.05) is 22.8 Å². The van der Waals surface area contributed by atoms with Gasteiger partial charge in [-0.15, -0.1) is 0 Å². The summed E-state index contributed by atoms with van der Waals surface area (Å²) < 4.78 is 28.2. The van der Waals surface area contributed by atoms with Crippen LogP contribution in [0.25, 0.3) is 11.0 Å². The first-order valence-electron chi connectivity index (χ1n) is 9.94. The number of fused-ring (bicyclic) bond motifs is 1. The van der Waals surface area contributed by atoms with Crippen molar-refractivity contribution in [1.29, 1.82) is 0 Å². The average Bonchev–Trinajstić information content (AvgIpc) is 3.27. The molecule has 1 saturated heterocycles.